The fourth-order valence-corrected chi connectivity index (χ4v) is 4.30. The van der Waals surface area contributed by atoms with Gasteiger partial charge in [0.1, 0.15) is 5.75 Å². The Bertz CT molecular complexity index is 1380. The van der Waals surface area contributed by atoms with Crippen LogP contribution in [0.25, 0.3) is 11.2 Å². The summed E-state index contributed by atoms with van der Waals surface area (Å²) in [6.45, 7) is 4.25. The molecular weight excluding hydrogens is 406 g/mol. The van der Waals surface area contributed by atoms with Crippen LogP contribution in [0.15, 0.2) is 64.2 Å². The molecule has 0 radical (unpaired) electrons. The van der Waals surface area contributed by atoms with Crippen molar-refractivity contribution in [2.24, 2.45) is 7.05 Å². The van der Waals surface area contributed by atoms with Gasteiger partial charge in [0.05, 0.1) is 13.2 Å². The predicted octanol–water partition coefficient (Wildman–Crippen LogP) is 2.89. The first-order valence-electron chi connectivity index (χ1n) is 10.8. The Hall–Kier alpha value is -3.81. The molecule has 0 unspecified atom stereocenters. The number of imidazole rings is 1. The molecule has 0 saturated carbocycles. The zero-order chi connectivity index (χ0) is 22.2. The van der Waals surface area contributed by atoms with Crippen molar-refractivity contribution < 1.29 is 4.74 Å². The number of aromatic nitrogens is 4. The number of hydrogen-bond acceptors (Lipinski definition) is 5. The molecule has 0 aliphatic carbocycles. The van der Waals surface area contributed by atoms with Crippen LogP contribution >= 0.6 is 0 Å². The van der Waals surface area contributed by atoms with E-state index in [1.54, 1.807) is 7.05 Å². The first-order valence-corrected chi connectivity index (χ1v) is 10.8. The van der Waals surface area contributed by atoms with Crippen molar-refractivity contribution >= 4 is 22.8 Å². The maximum atomic E-state index is 13.5. The Balaban J connectivity index is 1.64. The molecule has 4 aromatic rings. The van der Waals surface area contributed by atoms with Crippen LogP contribution in [0.3, 0.4) is 0 Å². The summed E-state index contributed by atoms with van der Waals surface area (Å²) in [6, 6.07) is 17.4. The minimum Gasteiger partial charge on any atom is -0.494 e. The monoisotopic (exact) mass is 431 g/mol. The third-order valence-electron chi connectivity index (χ3n) is 5.86. The number of aryl methyl sites for hydroxylation is 2. The number of benzene rings is 2. The Kier molecular flexibility index (Phi) is 5.05. The van der Waals surface area contributed by atoms with Crippen LogP contribution in [0.4, 0.5) is 11.6 Å². The van der Waals surface area contributed by atoms with Crippen molar-refractivity contribution in [3.8, 4) is 5.75 Å². The third-order valence-corrected chi connectivity index (χ3v) is 5.86. The second-order valence-corrected chi connectivity index (χ2v) is 7.89. The van der Waals surface area contributed by atoms with Gasteiger partial charge < -0.3 is 14.2 Å². The standard InChI is InChI=1S/C24H25N5O3/c1-3-32-19-12-10-18(11-13-19)27-14-7-15-28-20-21(25-23(27)28)26(2)24(31)29(22(20)30)16-17-8-5-4-6-9-17/h4-6,8-13H,3,7,14-16H2,1-2H3. The molecule has 8 heteroatoms. The van der Waals surface area contributed by atoms with Crippen LogP contribution in [0.2, 0.25) is 0 Å². The van der Waals surface area contributed by atoms with E-state index in [9.17, 15) is 9.59 Å². The van der Waals surface area contributed by atoms with Crippen LogP contribution in [0, 0.1) is 0 Å². The summed E-state index contributed by atoms with van der Waals surface area (Å²) in [4.78, 5) is 33.3. The van der Waals surface area contributed by atoms with Gasteiger partial charge in [0.25, 0.3) is 5.56 Å². The Morgan fingerprint density at radius 1 is 1.00 bits per heavy atom. The summed E-state index contributed by atoms with van der Waals surface area (Å²) in [5, 5.41) is 0. The largest absolute Gasteiger partial charge is 0.494 e. The summed E-state index contributed by atoms with van der Waals surface area (Å²) < 4.78 is 10.3. The molecule has 32 heavy (non-hydrogen) atoms. The molecule has 0 fully saturated rings. The number of fused-ring (bicyclic) bond motifs is 3. The Morgan fingerprint density at radius 2 is 1.75 bits per heavy atom. The van der Waals surface area contributed by atoms with E-state index in [1.165, 1.54) is 9.13 Å². The SMILES string of the molecule is CCOc1ccc(N2CCCn3c2nc2c3c(=O)n(Cc3ccccc3)c(=O)n2C)cc1. The lowest BCUT2D eigenvalue weighted by atomic mass is 10.2. The zero-order valence-electron chi connectivity index (χ0n) is 18.2. The van der Waals surface area contributed by atoms with Crippen LogP contribution in [-0.4, -0.2) is 31.8 Å². The van der Waals surface area contributed by atoms with E-state index in [-0.39, 0.29) is 17.8 Å². The van der Waals surface area contributed by atoms with Gasteiger partial charge in [0, 0.05) is 25.8 Å². The van der Waals surface area contributed by atoms with Crippen molar-refractivity contribution in [3.63, 3.8) is 0 Å². The molecule has 2 aromatic carbocycles. The lowest BCUT2D eigenvalue weighted by molar-refractivity contribution is 0.340. The summed E-state index contributed by atoms with van der Waals surface area (Å²) in [6.07, 6.45) is 0.868. The van der Waals surface area contributed by atoms with Gasteiger partial charge >= 0.3 is 5.69 Å². The summed E-state index contributed by atoms with van der Waals surface area (Å²) >= 11 is 0. The molecule has 0 spiro atoms. The van der Waals surface area contributed by atoms with Crippen molar-refractivity contribution in [1.29, 1.82) is 0 Å². The molecule has 2 aromatic heterocycles. The second-order valence-electron chi connectivity index (χ2n) is 7.89. The molecule has 8 nitrogen and oxygen atoms in total. The van der Waals surface area contributed by atoms with Crippen molar-refractivity contribution in [3.05, 3.63) is 81.0 Å². The third kappa shape index (κ3) is 3.28. The number of ether oxygens (including phenoxy) is 1. The zero-order valence-corrected chi connectivity index (χ0v) is 18.2. The van der Waals surface area contributed by atoms with Crippen LogP contribution in [-0.2, 0) is 20.1 Å². The molecular formula is C24H25N5O3. The van der Waals surface area contributed by atoms with Gasteiger partial charge in [-0.25, -0.2) is 4.79 Å². The maximum absolute atomic E-state index is 13.5. The topological polar surface area (TPSA) is 74.3 Å². The van der Waals surface area contributed by atoms with Gasteiger partial charge in [-0.15, -0.1) is 0 Å². The molecule has 164 valence electrons. The fraction of sp³-hybridized carbons (Fsp3) is 0.292. The molecule has 0 bridgehead atoms. The summed E-state index contributed by atoms with van der Waals surface area (Å²) in [5.41, 5.74) is 2.08. The Labute approximate surface area is 184 Å². The van der Waals surface area contributed by atoms with Crippen molar-refractivity contribution in [2.45, 2.75) is 26.4 Å². The normalized spacial score (nSPS) is 13.4. The van der Waals surface area contributed by atoms with Crippen LogP contribution in [0.5, 0.6) is 5.75 Å². The van der Waals surface area contributed by atoms with Gasteiger partial charge in [0.2, 0.25) is 5.95 Å². The highest BCUT2D eigenvalue weighted by Gasteiger charge is 2.27. The average molecular weight is 431 g/mol. The lowest BCUT2D eigenvalue weighted by Crippen LogP contribution is -2.40. The van der Waals surface area contributed by atoms with E-state index in [0.717, 1.165) is 30.0 Å². The predicted molar refractivity (Wildman–Crippen MR) is 124 cm³/mol. The molecule has 1 aliphatic rings. The number of hydrogen-bond donors (Lipinski definition) is 0. The maximum Gasteiger partial charge on any atom is 0.332 e. The van der Waals surface area contributed by atoms with E-state index in [2.05, 4.69) is 4.90 Å². The molecule has 0 atom stereocenters. The average Bonchev–Trinajstić information content (AvgIpc) is 3.22. The molecule has 5 rings (SSSR count). The van der Waals surface area contributed by atoms with Gasteiger partial charge in [-0.05, 0) is 43.2 Å². The van der Waals surface area contributed by atoms with Gasteiger partial charge in [-0.1, -0.05) is 30.3 Å². The first-order chi connectivity index (χ1) is 15.6. The van der Waals surface area contributed by atoms with E-state index in [4.69, 9.17) is 9.72 Å². The summed E-state index contributed by atoms with van der Waals surface area (Å²) in [7, 11) is 1.67. The van der Waals surface area contributed by atoms with Gasteiger partial charge in [-0.3, -0.25) is 13.9 Å². The lowest BCUT2D eigenvalue weighted by Gasteiger charge is -2.29. The first kappa shape index (κ1) is 20.1. The van der Waals surface area contributed by atoms with Crippen molar-refractivity contribution in [2.75, 3.05) is 18.1 Å². The van der Waals surface area contributed by atoms with E-state index >= 15 is 0 Å². The van der Waals surface area contributed by atoms with E-state index in [0.29, 0.717) is 30.3 Å². The molecule has 3 heterocycles. The number of nitrogens with zero attached hydrogens (tertiary/aromatic N) is 5. The number of rotatable bonds is 5. The highest BCUT2D eigenvalue weighted by Crippen LogP contribution is 2.31. The van der Waals surface area contributed by atoms with Gasteiger partial charge in [-0.2, -0.15) is 4.98 Å². The van der Waals surface area contributed by atoms with Crippen molar-refractivity contribution in [1.82, 2.24) is 18.7 Å². The Morgan fingerprint density at radius 3 is 2.47 bits per heavy atom. The number of anilines is 2. The minimum atomic E-state index is -0.366. The molecule has 1 aliphatic heterocycles. The summed E-state index contributed by atoms with van der Waals surface area (Å²) in [5.74, 6) is 1.49. The van der Waals surface area contributed by atoms with E-state index in [1.807, 2.05) is 66.1 Å². The molecule has 0 saturated heterocycles. The molecule has 0 amide bonds. The minimum absolute atomic E-state index is 0.228. The molecule has 0 N–H and O–H groups in total. The highest BCUT2D eigenvalue weighted by atomic mass is 16.5. The van der Waals surface area contributed by atoms with E-state index < -0.39 is 0 Å². The second kappa shape index (κ2) is 8.03. The highest BCUT2D eigenvalue weighted by molar-refractivity contribution is 5.77. The van der Waals surface area contributed by atoms with Gasteiger partial charge in [0.15, 0.2) is 11.2 Å². The fourth-order valence-electron chi connectivity index (χ4n) is 4.30. The van der Waals surface area contributed by atoms with Crippen LogP contribution < -0.4 is 20.9 Å². The van der Waals surface area contributed by atoms with Crippen LogP contribution in [0.1, 0.15) is 18.9 Å². The quantitative estimate of drug-likeness (QED) is 0.486. The smallest absolute Gasteiger partial charge is 0.332 e.